The average molecular weight is 292 g/mol. The van der Waals surface area contributed by atoms with Gasteiger partial charge in [-0.05, 0) is 27.0 Å². The molecule has 1 aromatic carbocycles. The number of hydrogen-bond donors (Lipinski definition) is 0. The zero-order valence-corrected chi connectivity index (χ0v) is 11.3. The molecule has 0 amide bonds. The van der Waals surface area contributed by atoms with Crippen LogP contribution < -0.4 is 0 Å². The lowest BCUT2D eigenvalue weighted by Gasteiger charge is -2.34. The lowest BCUT2D eigenvalue weighted by atomic mass is 10.1. The predicted octanol–water partition coefficient (Wildman–Crippen LogP) is 3.57. The van der Waals surface area contributed by atoms with E-state index in [4.69, 9.17) is 0 Å². The second-order valence-corrected chi connectivity index (χ2v) is 5.08. The van der Waals surface area contributed by atoms with Crippen LogP contribution in [0.5, 0.6) is 0 Å². The minimum atomic E-state index is -0.789. The molecule has 0 aliphatic carbocycles. The molecule has 0 heterocycles. The van der Waals surface area contributed by atoms with Gasteiger partial charge in [-0.25, -0.2) is 8.78 Å². The van der Waals surface area contributed by atoms with Crippen LogP contribution in [0.2, 0.25) is 0 Å². The zero-order chi connectivity index (χ0) is 12.3. The van der Waals surface area contributed by atoms with Crippen LogP contribution in [0.3, 0.4) is 0 Å². The number of hydrogen-bond acceptors (Lipinski definition) is 1. The van der Waals surface area contributed by atoms with Crippen molar-refractivity contribution in [3.8, 4) is 0 Å². The Hall–Kier alpha value is -0.480. The molecule has 0 aromatic heterocycles. The minimum Gasteiger partial charge on any atom is -0.296 e. The van der Waals surface area contributed by atoms with Gasteiger partial charge in [-0.3, -0.25) is 4.90 Å². The average Bonchev–Trinajstić information content (AvgIpc) is 2.24. The molecule has 0 atom stereocenters. The van der Waals surface area contributed by atoms with Gasteiger partial charge in [0.1, 0.15) is 0 Å². The highest BCUT2D eigenvalue weighted by atomic mass is 79.9. The Morgan fingerprint density at radius 2 is 1.94 bits per heavy atom. The van der Waals surface area contributed by atoms with Crippen LogP contribution >= 0.6 is 15.9 Å². The molecule has 1 aromatic rings. The van der Waals surface area contributed by atoms with E-state index >= 15 is 0 Å². The van der Waals surface area contributed by atoms with Crippen molar-refractivity contribution in [2.45, 2.75) is 25.9 Å². The molecule has 1 rings (SSSR count). The normalized spacial score (nSPS) is 12.2. The van der Waals surface area contributed by atoms with Gasteiger partial charge in [0.05, 0.1) is 0 Å². The van der Waals surface area contributed by atoms with Gasteiger partial charge in [0, 0.05) is 23.0 Å². The Morgan fingerprint density at radius 3 is 2.50 bits per heavy atom. The highest BCUT2D eigenvalue weighted by Crippen LogP contribution is 2.20. The maximum absolute atomic E-state index is 13.4. The number of rotatable bonds is 4. The van der Waals surface area contributed by atoms with Gasteiger partial charge in [0.25, 0.3) is 0 Å². The summed E-state index contributed by atoms with van der Waals surface area (Å²) in [6, 6.07) is 4.27. The van der Waals surface area contributed by atoms with Gasteiger partial charge >= 0.3 is 0 Å². The Bertz CT molecular complexity index is 366. The SMILES string of the molecule is CN(Cc1cccc(F)c1F)C(C)(C)CBr. The van der Waals surface area contributed by atoms with Crippen molar-refractivity contribution in [2.75, 3.05) is 12.4 Å². The van der Waals surface area contributed by atoms with Gasteiger partial charge in [-0.15, -0.1) is 0 Å². The van der Waals surface area contributed by atoms with Crippen molar-refractivity contribution in [1.82, 2.24) is 4.90 Å². The fourth-order valence-electron chi connectivity index (χ4n) is 1.24. The zero-order valence-electron chi connectivity index (χ0n) is 9.73. The van der Waals surface area contributed by atoms with E-state index in [-0.39, 0.29) is 5.54 Å². The van der Waals surface area contributed by atoms with Gasteiger partial charge in [-0.1, -0.05) is 28.1 Å². The van der Waals surface area contributed by atoms with E-state index < -0.39 is 11.6 Å². The van der Waals surface area contributed by atoms with Gasteiger partial charge in [-0.2, -0.15) is 0 Å². The molecule has 0 aliphatic heterocycles. The first-order valence-corrected chi connectivity index (χ1v) is 6.20. The van der Waals surface area contributed by atoms with Crippen LogP contribution in [0.25, 0.3) is 0 Å². The van der Waals surface area contributed by atoms with Gasteiger partial charge in [0.2, 0.25) is 0 Å². The Kier molecular flexibility index (Phi) is 4.44. The van der Waals surface area contributed by atoms with E-state index in [2.05, 4.69) is 15.9 Å². The molecule has 1 nitrogen and oxygen atoms in total. The van der Waals surface area contributed by atoms with Crippen LogP contribution in [0.4, 0.5) is 8.78 Å². The summed E-state index contributed by atoms with van der Waals surface area (Å²) >= 11 is 3.41. The Labute approximate surface area is 104 Å². The lowest BCUT2D eigenvalue weighted by Crippen LogP contribution is -2.42. The summed E-state index contributed by atoms with van der Waals surface area (Å²) in [6.45, 7) is 4.47. The van der Waals surface area contributed by atoms with E-state index in [0.717, 1.165) is 11.4 Å². The maximum atomic E-state index is 13.4. The summed E-state index contributed by atoms with van der Waals surface area (Å²) in [6.07, 6.45) is 0. The largest absolute Gasteiger partial charge is 0.296 e. The highest BCUT2D eigenvalue weighted by Gasteiger charge is 2.23. The summed E-state index contributed by atoms with van der Waals surface area (Å²) in [4.78, 5) is 1.99. The number of halogens is 3. The molecular weight excluding hydrogens is 276 g/mol. The monoisotopic (exact) mass is 291 g/mol. The smallest absolute Gasteiger partial charge is 0.163 e. The molecule has 0 bridgehead atoms. The van der Waals surface area contributed by atoms with Crippen LogP contribution in [0.1, 0.15) is 19.4 Å². The fourth-order valence-corrected chi connectivity index (χ4v) is 1.67. The molecule has 0 aliphatic rings. The van der Waals surface area contributed by atoms with E-state index in [1.807, 2.05) is 25.8 Å². The third kappa shape index (κ3) is 3.01. The first-order chi connectivity index (χ1) is 7.38. The van der Waals surface area contributed by atoms with E-state index in [1.165, 1.54) is 6.07 Å². The van der Waals surface area contributed by atoms with Crippen LogP contribution in [0.15, 0.2) is 18.2 Å². The standard InChI is InChI=1S/C12H16BrF2N/c1-12(2,8-13)16(3)7-9-5-4-6-10(14)11(9)15/h4-6H,7-8H2,1-3H3. The number of alkyl halides is 1. The molecule has 90 valence electrons. The summed E-state index contributed by atoms with van der Waals surface area (Å²) in [5, 5.41) is 0.771. The maximum Gasteiger partial charge on any atom is 0.163 e. The Morgan fingerprint density at radius 1 is 1.31 bits per heavy atom. The first kappa shape index (κ1) is 13.6. The first-order valence-electron chi connectivity index (χ1n) is 5.08. The molecule has 4 heteroatoms. The third-order valence-corrected chi connectivity index (χ3v) is 4.17. The molecule has 0 saturated heterocycles. The highest BCUT2D eigenvalue weighted by molar-refractivity contribution is 9.09. The predicted molar refractivity (Wildman–Crippen MR) is 65.7 cm³/mol. The summed E-state index contributed by atoms with van der Waals surface area (Å²) in [5.41, 5.74) is 0.287. The third-order valence-electron chi connectivity index (χ3n) is 2.80. The fraction of sp³-hybridized carbons (Fsp3) is 0.500. The molecule has 0 saturated carbocycles. The second-order valence-electron chi connectivity index (χ2n) is 4.52. The van der Waals surface area contributed by atoms with Crippen molar-refractivity contribution >= 4 is 15.9 Å². The van der Waals surface area contributed by atoms with Crippen molar-refractivity contribution in [2.24, 2.45) is 0 Å². The summed E-state index contributed by atoms with van der Waals surface area (Å²) in [5.74, 6) is -1.54. The van der Waals surface area contributed by atoms with Crippen LogP contribution in [-0.4, -0.2) is 22.8 Å². The van der Waals surface area contributed by atoms with Gasteiger partial charge in [0.15, 0.2) is 11.6 Å². The summed E-state index contributed by atoms with van der Waals surface area (Å²) < 4.78 is 26.4. The van der Waals surface area contributed by atoms with E-state index in [1.54, 1.807) is 6.07 Å². The molecule has 0 radical (unpaired) electrons. The van der Waals surface area contributed by atoms with Crippen molar-refractivity contribution in [3.05, 3.63) is 35.4 Å². The summed E-state index contributed by atoms with van der Waals surface area (Å²) in [7, 11) is 1.89. The molecule has 0 fully saturated rings. The number of benzene rings is 1. The molecular formula is C12H16BrF2N. The topological polar surface area (TPSA) is 3.24 Å². The quantitative estimate of drug-likeness (QED) is 0.767. The van der Waals surface area contributed by atoms with E-state index in [0.29, 0.717) is 12.1 Å². The number of nitrogens with zero attached hydrogens (tertiary/aromatic N) is 1. The van der Waals surface area contributed by atoms with Crippen LogP contribution in [-0.2, 0) is 6.54 Å². The van der Waals surface area contributed by atoms with E-state index in [9.17, 15) is 8.78 Å². The molecule has 0 N–H and O–H groups in total. The minimum absolute atomic E-state index is 0.0985. The lowest BCUT2D eigenvalue weighted by molar-refractivity contribution is 0.171. The molecule has 0 unspecified atom stereocenters. The van der Waals surface area contributed by atoms with Crippen molar-refractivity contribution in [3.63, 3.8) is 0 Å². The molecule has 16 heavy (non-hydrogen) atoms. The Balaban J connectivity index is 2.85. The van der Waals surface area contributed by atoms with Crippen molar-refractivity contribution in [1.29, 1.82) is 0 Å². The van der Waals surface area contributed by atoms with Crippen molar-refractivity contribution < 1.29 is 8.78 Å². The van der Waals surface area contributed by atoms with Gasteiger partial charge < -0.3 is 0 Å². The van der Waals surface area contributed by atoms with Crippen LogP contribution in [0, 0.1) is 11.6 Å². The second kappa shape index (κ2) is 5.23. The molecule has 0 spiro atoms.